The predicted octanol–water partition coefficient (Wildman–Crippen LogP) is 3.92. The van der Waals surface area contributed by atoms with Gasteiger partial charge in [0.05, 0.1) is 5.75 Å². The zero-order chi connectivity index (χ0) is 19.2. The molecule has 0 aliphatic carbocycles. The van der Waals surface area contributed by atoms with Crippen LogP contribution in [0.4, 0.5) is 5.69 Å². The quantitative estimate of drug-likeness (QED) is 0.826. The molecule has 0 bridgehead atoms. The van der Waals surface area contributed by atoms with Crippen LogP contribution < -0.4 is 10.6 Å². The molecule has 5 nitrogen and oxygen atoms in total. The van der Waals surface area contributed by atoms with Gasteiger partial charge in [0.2, 0.25) is 5.91 Å². The number of carbonyl (C=O) groups is 2. The summed E-state index contributed by atoms with van der Waals surface area (Å²) in [6, 6.07) is 18.7. The van der Waals surface area contributed by atoms with Crippen molar-refractivity contribution in [1.82, 2.24) is 5.32 Å². The van der Waals surface area contributed by atoms with Gasteiger partial charge >= 0.3 is 0 Å². The molecule has 2 aromatic carbocycles. The van der Waals surface area contributed by atoms with Gasteiger partial charge in [0.15, 0.2) is 11.0 Å². The summed E-state index contributed by atoms with van der Waals surface area (Å²) in [5, 5.41) is 6.65. The number of aliphatic imine (C=N–C) groups is 1. The zero-order valence-corrected chi connectivity index (χ0v) is 16.0. The van der Waals surface area contributed by atoms with E-state index >= 15 is 0 Å². The Morgan fingerprint density at radius 3 is 2.33 bits per heavy atom. The second-order valence-corrected chi connectivity index (χ2v) is 7.13. The van der Waals surface area contributed by atoms with Crippen LogP contribution in [0.25, 0.3) is 0 Å². The molecule has 0 fully saturated rings. The molecule has 0 saturated carbocycles. The Hall–Kier alpha value is -2.86. The second-order valence-electron chi connectivity index (χ2n) is 6.17. The summed E-state index contributed by atoms with van der Waals surface area (Å²) in [7, 11) is 0. The van der Waals surface area contributed by atoms with Crippen LogP contribution >= 0.6 is 11.8 Å². The fourth-order valence-electron chi connectivity index (χ4n) is 2.91. The summed E-state index contributed by atoms with van der Waals surface area (Å²) in [4.78, 5) is 29.0. The third kappa shape index (κ3) is 4.86. The van der Waals surface area contributed by atoms with Gasteiger partial charge < -0.3 is 10.6 Å². The van der Waals surface area contributed by atoms with Crippen molar-refractivity contribution in [3.63, 3.8) is 0 Å². The van der Waals surface area contributed by atoms with Crippen LogP contribution in [0.1, 0.15) is 25.5 Å². The first kappa shape index (κ1) is 18.9. The molecule has 2 aromatic rings. The first-order valence-corrected chi connectivity index (χ1v) is 9.62. The molecule has 1 amide bonds. The van der Waals surface area contributed by atoms with Crippen LogP contribution in [0, 0.1) is 0 Å². The number of nitrogens with zero attached hydrogens (tertiary/aromatic N) is 1. The third-order valence-electron chi connectivity index (χ3n) is 4.11. The maximum atomic E-state index is 12.2. The molecule has 1 unspecified atom stereocenters. The number of thioether (sulfide) groups is 1. The molecule has 27 heavy (non-hydrogen) atoms. The number of rotatable bonds is 5. The number of anilines is 1. The molecule has 0 saturated heterocycles. The minimum absolute atomic E-state index is 0.0107. The minimum atomic E-state index is -0.357. The molecule has 1 aliphatic heterocycles. The highest BCUT2D eigenvalue weighted by atomic mass is 32.2. The van der Waals surface area contributed by atoms with Crippen molar-refractivity contribution in [3.8, 4) is 0 Å². The van der Waals surface area contributed by atoms with E-state index in [0.29, 0.717) is 10.7 Å². The Balaban J connectivity index is 1.72. The summed E-state index contributed by atoms with van der Waals surface area (Å²) >= 11 is 1.32. The van der Waals surface area contributed by atoms with E-state index in [-0.39, 0.29) is 23.5 Å². The molecule has 3 rings (SSSR count). The molecule has 138 valence electrons. The van der Waals surface area contributed by atoms with Gasteiger partial charge in [-0.15, -0.1) is 0 Å². The van der Waals surface area contributed by atoms with E-state index in [9.17, 15) is 9.59 Å². The van der Waals surface area contributed by atoms with E-state index in [2.05, 4.69) is 10.6 Å². The lowest BCUT2D eigenvalue weighted by molar-refractivity contribution is -0.114. The molecule has 1 atom stereocenters. The standard InChI is InChI=1S/C21H21N3O2S/c1-14-19(15(2)25)20(16-9-5-3-6-10-16)24-21(22-14)27-13-18(26)23-17-11-7-4-8-12-17/h3-12,20H,13H2,1-2H3,(H,22,24)(H,23,26). The van der Waals surface area contributed by atoms with E-state index in [0.717, 1.165) is 16.9 Å². The fraction of sp³-hybridized carbons (Fsp3) is 0.190. The highest BCUT2D eigenvalue weighted by Crippen LogP contribution is 2.32. The van der Waals surface area contributed by atoms with Crippen molar-refractivity contribution in [1.29, 1.82) is 0 Å². The molecule has 0 aromatic heterocycles. The topological polar surface area (TPSA) is 70.6 Å². The van der Waals surface area contributed by atoms with Crippen molar-refractivity contribution in [2.75, 3.05) is 11.1 Å². The fourth-order valence-corrected chi connectivity index (χ4v) is 3.65. The Morgan fingerprint density at radius 2 is 1.70 bits per heavy atom. The molecule has 1 aliphatic rings. The van der Waals surface area contributed by atoms with Crippen LogP contribution in [0.2, 0.25) is 0 Å². The predicted molar refractivity (Wildman–Crippen MR) is 111 cm³/mol. The molecule has 2 N–H and O–H groups in total. The average molecular weight is 379 g/mol. The van der Waals surface area contributed by atoms with Crippen LogP contribution in [0.15, 0.2) is 76.9 Å². The van der Waals surface area contributed by atoms with Crippen LogP contribution in [-0.4, -0.2) is 22.6 Å². The number of hydrogen-bond donors (Lipinski definition) is 2. The Bertz CT molecular complexity index is 892. The van der Waals surface area contributed by atoms with Crippen molar-refractivity contribution >= 4 is 34.3 Å². The Kier molecular flexibility index (Phi) is 6.08. The van der Waals surface area contributed by atoms with Gasteiger partial charge in [-0.3, -0.25) is 9.59 Å². The van der Waals surface area contributed by atoms with Crippen LogP contribution in [0.3, 0.4) is 0 Å². The molecule has 0 radical (unpaired) electrons. The average Bonchev–Trinajstić information content (AvgIpc) is 2.67. The molecular formula is C21H21N3O2S. The van der Waals surface area contributed by atoms with Crippen molar-refractivity contribution in [2.45, 2.75) is 19.9 Å². The number of benzene rings is 2. The number of ketones is 1. The number of Topliss-reactive ketones (excluding diaryl/α,β-unsaturated/α-hetero) is 1. The summed E-state index contributed by atoms with van der Waals surface area (Å²) < 4.78 is 0. The third-order valence-corrected chi connectivity index (χ3v) is 5.00. The Labute approximate surface area is 163 Å². The number of amidine groups is 1. The van der Waals surface area contributed by atoms with Gasteiger partial charge in [-0.25, -0.2) is 4.99 Å². The largest absolute Gasteiger partial charge is 0.338 e. The van der Waals surface area contributed by atoms with Gasteiger partial charge in [-0.2, -0.15) is 0 Å². The summed E-state index contributed by atoms with van der Waals surface area (Å²) in [6.07, 6.45) is 0. The molecule has 0 spiro atoms. The summed E-state index contributed by atoms with van der Waals surface area (Å²) in [6.45, 7) is 3.42. The number of hydrogen-bond acceptors (Lipinski definition) is 5. The van der Waals surface area contributed by atoms with Gasteiger partial charge in [0, 0.05) is 17.0 Å². The highest BCUT2D eigenvalue weighted by molar-refractivity contribution is 8.14. The van der Waals surface area contributed by atoms with Crippen molar-refractivity contribution in [2.24, 2.45) is 4.99 Å². The minimum Gasteiger partial charge on any atom is -0.338 e. The lowest BCUT2D eigenvalue weighted by Crippen LogP contribution is -2.30. The number of carbonyl (C=O) groups excluding carboxylic acids is 2. The first-order valence-electron chi connectivity index (χ1n) is 8.64. The van der Waals surface area contributed by atoms with Gasteiger partial charge in [-0.05, 0) is 31.5 Å². The summed E-state index contributed by atoms with van der Waals surface area (Å²) in [5.74, 6) is 0.111. The van der Waals surface area contributed by atoms with E-state index in [1.807, 2.05) is 67.6 Å². The zero-order valence-electron chi connectivity index (χ0n) is 15.2. The van der Waals surface area contributed by atoms with Crippen LogP contribution in [0.5, 0.6) is 0 Å². The number of amides is 1. The molecular weight excluding hydrogens is 358 g/mol. The first-order chi connectivity index (χ1) is 13.0. The highest BCUT2D eigenvalue weighted by Gasteiger charge is 2.27. The van der Waals surface area contributed by atoms with Crippen LogP contribution in [-0.2, 0) is 9.59 Å². The van der Waals surface area contributed by atoms with E-state index in [1.165, 1.54) is 11.8 Å². The number of nitrogens with one attached hydrogen (secondary N) is 2. The SMILES string of the molecule is CC(=O)C1=C(C)NC(SCC(=O)Nc2ccccc2)=NC1c1ccccc1. The van der Waals surface area contributed by atoms with Crippen molar-refractivity contribution < 1.29 is 9.59 Å². The maximum absolute atomic E-state index is 12.2. The number of para-hydroxylation sites is 1. The lowest BCUT2D eigenvalue weighted by atomic mass is 9.94. The number of allylic oxidation sites excluding steroid dienone is 1. The normalized spacial score (nSPS) is 16.4. The Morgan fingerprint density at radius 1 is 1.07 bits per heavy atom. The van der Waals surface area contributed by atoms with E-state index < -0.39 is 0 Å². The maximum Gasteiger partial charge on any atom is 0.234 e. The monoisotopic (exact) mass is 379 g/mol. The second kappa shape index (κ2) is 8.68. The van der Waals surface area contributed by atoms with Crippen molar-refractivity contribution in [3.05, 3.63) is 77.5 Å². The molecule has 6 heteroatoms. The van der Waals surface area contributed by atoms with Gasteiger partial charge in [0.25, 0.3) is 0 Å². The van der Waals surface area contributed by atoms with Gasteiger partial charge in [-0.1, -0.05) is 60.3 Å². The van der Waals surface area contributed by atoms with E-state index in [4.69, 9.17) is 4.99 Å². The summed E-state index contributed by atoms with van der Waals surface area (Å²) in [5.41, 5.74) is 3.14. The van der Waals surface area contributed by atoms with Gasteiger partial charge in [0.1, 0.15) is 6.04 Å². The smallest absolute Gasteiger partial charge is 0.234 e. The van der Waals surface area contributed by atoms with E-state index in [1.54, 1.807) is 6.92 Å². The molecule has 1 heterocycles. The lowest BCUT2D eigenvalue weighted by Gasteiger charge is -2.25.